The van der Waals surface area contributed by atoms with E-state index in [-0.39, 0.29) is 11.8 Å². The highest BCUT2D eigenvalue weighted by atomic mass is 16.2. The predicted octanol–water partition coefficient (Wildman–Crippen LogP) is 3.63. The zero-order valence-electron chi connectivity index (χ0n) is 14.7. The van der Waals surface area contributed by atoms with Crippen LogP contribution in [0.3, 0.4) is 0 Å². The third-order valence-electron chi connectivity index (χ3n) is 4.06. The van der Waals surface area contributed by atoms with E-state index in [2.05, 4.69) is 4.98 Å². The first-order valence-electron chi connectivity index (χ1n) is 8.21. The van der Waals surface area contributed by atoms with Crippen molar-refractivity contribution in [2.45, 2.75) is 0 Å². The molecule has 3 rings (SSSR count). The minimum absolute atomic E-state index is 0.160. The second kappa shape index (κ2) is 7.61. The number of anilines is 2. The van der Waals surface area contributed by atoms with Gasteiger partial charge in [-0.15, -0.1) is 0 Å². The monoisotopic (exact) mass is 345 g/mol. The van der Waals surface area contributed by atoms with E-state index in [4.69, 9.17) is 0 Å². The Bertz CT molecular complexity index is 838. The van der Waals surface area contributed by atoms with E-state index < -0.39 is 0 Å². The summed E-state index contributed by atoms with van der Waals surface area (Å²) < 4.78 is 0. The summed E-state index contributed by atoms with van der Waals surface area (Å²) in [6.45, 7) is 0. The van der Waals surface area contributed by atoms with Crippen molar-refractivity contribution in [1.82, 2.24) is 4.98 Å². The Morgan fingerprint density at radius 2 is 1.00 bits per heavy atom. The molecule has 2 amide bonds. The lowest BCUT2D eigenvalue weighted by Gasteiger charge is -2.20. The number of carbonyl (C=O) groups excluding carboxylic acids is 2. The van der Waals surface area contributed by atoms with Gasteiger partial charge in [-0.3, -0.25) is 19.4 Å². The molecule has 0 aliphatic rings. The first-order valence-corrected chi connectivity index (χ1v) is 8.21. The van der Waals surface area contributed by atoms with Gasteiger partial charge in [0.25, 0.3) is 11.8 Å². The van der Waals surface area contributed by atoms with Crippen LogP contribution >= 0.6 is 0 Å². The molecule has 0 aliphatic carbocycles. The Morgan fingerprint density at radius 1 is 0.615 bits per heavy atom. The second-order valence-electron chi connectivity index (χ2n) is 5.81. The maximum absolute atomic E-state index is 12.6. The number of hydrogen-bond donors (Lipinski definition) is 0. The van der Waals surface area contributed by atoms with Gasteiger partial charge in [0, 0.05) is 25.2 Å². The lowest BCUT2D eigenvalue weighted by atomic mass is 10.2. The molecule has 0 saturated heterocycles. The summed E-state index contributed by atoms with van der Waals surface area (Å²) in [4.78, 5) is 32.6. The van der Waals surface area contributed by atoms with E-state index in [1.165, 1.54) is 9.80 Å². The van der Waals surface area contributed by atoms with Gasteiger partial charge in [-0.25, -0.2) is 4.98 Å². The maximum atomic E-state index is 12.6. The molecule has 0 atom stereocenters. The Hall–Kier alpha value is -3.47. The number of nitrogens with zero attached hydrogens (tertiary/aromatic N) is 3. The molecule has 5 nitrogen and oxygen atoms in total. The Kier molecular flexibility index (Phi) is 5.08. The summed E-state index contributed by atoms with van der Waals surface area (Å²) in [5, 5.41) is 0. The van der Waals surface area contributed by atoms with Gasteiger partial charge in [-0.2, -0.15) is 0 Å². The van der Waals surface area contributed by atoms with Crippen LogP contribution in [0.25, 0.3) is 0 Å². The van der Waals surface area contributed by atoms with Crippen LogP contribution in [-0.2, 0) is 0 Å². The molecule has 2 aromatic carbocycles. The number of pyridine rings is 1. The molecule has 26 heavy (non-hydrogen) atoms. The molecule has 3 aromatic rings. The number of carbonyl (C=O) groups is 2. The lowest BCUT2D eigenvalue weighted by Crippen LogP contribution is -2.30. The van der Waals surface area contributed by atoms with Crippen LogP contribution in [-0.4, -0.2) is 30.9 Å². The van der Waals surface area contributed by atoms with E-state index >= 15 is 0 Å². The molecule has 0 saturated carbocycles. The van der Waals surface area contributed by atoms with E-state index in [0.29, 0.717) is 22.8 Å². The van der Waals surface area contributed by atoms with Crippen molar-refractivity contribution in [2.24, 2.45) is 0 Å². The third kappa shape index (κ3) is 3.62. The molecule has 0 N–H and O–H groups in total. The van der Waals surface area contributed by atoms with Crippen LogP contribution in [0.2, 0.25) is 0 Å². The van der Waals surface area contributed by atoms with Crippen molar-refractivity contribution in [1.29, 1.82) is 0 Å². The van der Waals surface area contributed by atoms with Crippen LogP contribution in [0.5, 0.6) is 0 Å². The quantitative estimate of drug-likeness (QED) is 0.725. The summed E-state index contributed by atoms with van der Waals surface area (Å²) in [6.07, 6.45) is 0. The molecule has 5 heteroatoms. The summed E-state index contributed by atoms with van der Waals surface area (Å²) in [5.74, 6) is 0.632. The molecular formula is C21H19N3O2. The van der Waals surface area contributed by atoms with Crippen molar-refractivity contribution < 1.29 is 9.59 Å². The molecule has 1 heterocycles. The molecule has 0 unspecified atom stereocenters. The average molecular weight is 345 g/mol. The van der Waals surface area contributed by atoms with E-state index in [1.807, 2.05) is 36.4 Å². The number of aromatic nitrogens is 1. The summed E-state index contributed by atoms with van der Waals surface area (Å²) in [6, 6.07) is 23.3. The highest BCUT2D eigenvalue weighted by Crippen LogP contribution is 2.19. The van der Waals surface area contributed by atoms with Gasteiger partial charge in [-0.05, 0) is 36.4 Å². The molecule has 0 radical (unpaired) electrons. The first kappa shape index (κ1) is 17.4. The van der Waals surface area contributed by atoms with Crippen LogP contribution in [0, 0.1) is 0 Å². The number of amides is 2. The SMILES string of the molecule is CN(C(=O)c1ccccc1)c1cccc(N(C)C(=O)c2ccccc2)n1. The van der Waals surface area contributed by atoms with Gasteiger partial charge in [0.1, 0.15) is 11.6 Å². The second-order valence-corrected chi connectivity index (χ2v) is 5.81. The largest absolute Gasteiger partial charge is 0.296 e. The minimum Gasteiger partial charge on any atom is -0.296 e. The Morgan fingerprint density at radius 3 is 1.38 bits per heavy atom. The fraction of sp³-hybridized carbons (Fsp3) is 0.0952. The van der Waals surface area contributed by atoms with Crippen LogP contribution in [0.4, 0.5) is 11.6 Å². The molecule has 0 aliphatic heterocycles. The third-order valence-corrected chi connectivity index (χ3v) is 4.06. The predicted molar refractivity (Wildman–Crippen MR) is 103 cm³/mol. The zero-order chi connectivity index (χ0) is 18.5. The molecule has 0 fully saturated rings. The van der Waals surface area contributed by atoms with Crippen molar-refractivity contribution in [3.63, 3.8) is 0 Å². The van der Waals surface area contributed by atoms with Gasteiger partial charge < -0.3 is 0 Å². The normalized spacial score (nSPS) is 10.2. The number of benzene rings is 2. The maximum Gasteiger partial charge on any atom is 0.259 e. The summed E-state index contributed by atoms with van der Waals surface area (Å²) in [5.41, 5.74) is 1.16. The fourth-order valence-corrected chi connectivity index (χ4v) is 2.54. The molecule has 0 bridgehead atoms. The molecule has 1 aromatic heterocycles. The van der Waals surface area contributed by atoms with Gasteiger partial charge in [-0.1, -0.05) is 42.5 Å². The Labute approximate surface area is 152 Å². The van der Waals surface area contributed by atoms with Crippen molar-refractivity contribution in [2.75, 3.05) is 23.9 Å². The topological polar surface area (TPSA) is 53.5 Å². The van der Waals surface area contributed by atoms with Crippen molar-refractivity contribution in [3.8, 4) is 0 Å². The highest BCUT2D eigenvalue weighted by Gasteiger charge is 2.18. The van der Waals surface area contributed by atoms with Crippen molar-refractivity contribution >= 4 is 23.5 Å². The molecular weight excluding hydrogens is 326 g/mol. The van der Waals surface area contributed by atoms with E-state index in [0.717, 1.165) is 0 Å². The minimum atomic E-state index is -0.160. The van der Waals surface area contributed by atoms with Crippen LogP contribution in [0.1, 0.15) is 20.7 Å². The van der Waals surface area contributed by atoms with E-state index in [1.54, 1.807) is 56.6 Å². The number of rotatable bonds is 4. The van der Waals surface area contributed by atoms with E-state index in [9.17, 15) is 9.59 Å². The smallest absolute Gasteiger partial charge is 0.259 e. The lowest BCUT2D eigenvalue weighted by molar-refractivity contribution is 0.0986. The average Bonchev–Trinajstić information content (AvgIpc) is 2.73. The van der Waals surface area contributed by atoms with Gasteiger partial charge in [0.15, 0.2) is 0 Å². The van der Waals surface area contributed by atoms with Gasteiger partial charge >= 0.3 is 0 Å². The zero-order valence-corrected chi connectivity index (χ0v) is 14.7. The summed E-state index contributed by atoms with van der Waals surface area (Å²) in [7, 11) is 3.33. The van der Waals surface area contributed by atoms with Crippen LogP contribution in [0.15, 0.2) is 78.9 Å². The van der Waals surface area contributed by atoms with Crippen molar-refractivity contribution in [3.05, 3.63) is 90.0 Å². The van der Waals surface area contributed by atoms with Crippen LogP contribution < -0.4 is 9.80 Å². The molecule has 130 valence electrons. The van der Waals surface area contributed by atoms with Gasteiger partial charge in [0.2, 0.25) is 0 Å². The summed E-state index contributed by atoms with van der Waals surface area (Å²) >= 11 is 0. The fourth-order valence-electron chi connectivity index (χ4n) is 2.54. The van der Waals surface area contributed by atoms with Gasteiger partial charge in [0.05, 0.1) is 0 Å². The highest BCUT2D eigenvalue weighted by molar-refractivity contribution is 6.06. The first-order chi connectivity index (χ1) is 12.6. The molecule has 0 spiro atoms. The Balaban J connectivity index is 1.84. The standard InChI is InChI=1S/C21H19N3O2/c1-23(20(25)16-10-5-3-6-11-16)18-14-9-15-19(22-18)24(2)21(26)17-12-7-4-8-13-17/h3-15H,1-2H3. The number of hydrogen-bond acceptors (Lipinski definition) is 3.